The summed E-state index contributed by atoms with van der Waals surface area (Å²) in [6.07, 6.45) is 8.68. The molecule has 5 aliphatic carbocycles. The second-order valence-corrected chi connectivity index (χ2v) is 19.1. The average Bonchev–Trinajstić information content (AvgIpc) is 3.53. The third kappa shape index (κ3) is 5.66. The Hall–Kier alpha value is -6.18. The standard InChI is InChI=1S/C59H51N/c1-58(2)53-18-7-6-15-52(53)57-54(58)19-10-20-55(57)60(49-31-25-45(26-32-49)51-17-9-14-46-13-8-16-50(56(46)51)44-11-4-3-5-12-44)48-29-23-43(24-30-48)42-21-27-47(28-22-42)59-36-39-33-40(37-59)35-41(34-39)38-59/h3-32,39-41H,33-38H2,1-2H3. The molecule has 0 radical (unpaired) electrons. The zero-order valence-electron chi connectivity index (χ0n) is 34.7. The third-order valence-corrected chi connectivity index (χ3v) is 15.2. The van der Waals surface area contributed by atoms with Crippen molar-refractivity contribution in [1.29, 1.82) is 0 Å². The molecule has 13 rings (SSSR count). The van der Waals surface area contributed by atoms with Crippen LogP contribution in [0.1, 0.15) is 69.1 Å². The fourth-order valence-corrected chi connectivity index (χ4v) is 12.9. The van der Waals surface area contributed by atoms with Crippen LogP contribution in [0, 0.1) is 17.8 Å². The minimum absolute atomic E-state index is 0.0888. The summed E-state index contributed by atoms with van der Waals surface area (Å²) < 4.78 is 0. The summed E-state index contributed by atoms with van der Waals surface area (Å²) in [6.45, 7) is 4.75. The molecule has 8 aromatic rings. The van der Waals surface area contributed by atoms with Crippen molar-refractivity contribution < 1.29 is 0 Å². The normalized spacial score (nSPS) is 21.8. The molecule has 0 unspecified atom stereocenters. The van der Waals surface area contributed by atoms with Crippen LogP contribution in [-0.4, -0.2) is 0 Å². The van der Waals surface area contributed by atoms with E-state index in [9.17, 15) is 0 Å². The Morgan fingerprint density at radius 1 is 0.417 bits per heavy atom. The molecular formula is C59H51N. The number of fused-ring (bicyclic) bond motifs is 4. The lowest BCUT2D eigenvalue weighted by Crippen LogP contribution is -2.48. The number of rotatable bonds is 7. The highest BCUT2D eigenvalue weighted by Gasteiger charge is 2.51. The second kappa shape index (κ2) is 13.7. The fourth-order valence-electron chi connectivity index (χ4n) is 12.9. The Bertz CT molecular complexity index is 2860. The van der Waals surface area contributed by atoms with Gasteiger partial charge in [0.05, 0.1) is 5.69 Å². The van der Waals surface area contributed by atoms with Crippen molar-refractivity contribution in [3.63, 3.8) is 0 Å². The first-order chi connectivity index (χ1) is 29.4. The highest BCUT2D eigenvalue weighted by Crippen LogP contribution is 2.61. The van der Waals surface area contributed by atoms with Gasteiger partial charge in [-0.1, -0.05) is 166 Å². The lowest BCUT2D eigenvalue weighted by molar-refractivity contribution is -0.00518. The molecule has 4 fully saturated rings. The van der Waals surface area contributed by atoms with E-state index in [1.54, 1.807) is 5.56 Å². The van der Waals surface area contributed by atoms with Crippen LogP contribution in [0.25, 0.3) is 55.3 Å². The molecule has 0 aliphatic heterocycles. The maximum Gasteiger partial charge on any atom is 0.0543 e. The number of benzene rings is 8. The molecule has 0 atom stereocenters. The molecule has 1 nitrogen and oxygen atoms in total. The molecular weight excluding hydrogens is 723 g/mol. The Morgan fingerprint density at radius 2 is 0.900 bits per heavy atom. The molecule has 60 heavy (non-hydrogen) atoms. The Balaban J connectivity index is 0.943. The van der Waals surface area contributed by atoms with Gasteiger partial charge in [0.25, 0.3) is 0 Å². The van der Waals surface area contributed by atoms with Gasteiger partial charge in [-0.25, -0.2) is 0 Å². The van der Waals surface area contributed by atoms with E-state index in [2.05, 4.69) is 201 Å². The van der Waals surface area contributed by atoms with Crippen LogP contribution in [0.2, 0.25) is 0 Å². The van der Waals surface area contributed by atoms with Crippen LogP contribution in [0.3, 0.4) is 0 Å². The SMILES string of the molecule is CC1(C)c2ccccc2-c2c(N(c3ccc(-c4ccc(C56CC7CC(CC(C7)C5)C6)cc4)cc3)c3ccc(-c4cccc5cccc(-c6ccccc6)c45)cc3)cccc21. The van der Waals surface area contributed by atoms with Crippen molar-refractivity contribution in [2.45, 2.75) is 63.2 Å². The van der Waals surface area contributed by atoms with Crippen molar-refractivity contribution in [3.8, 4) is 44.5 Å². The largest absolute Gasteiger partial charge is 0.310 e. The molecule has 0 heterocycles. The van der Waals surface area contributed by atoms with Gasteiger partial charge in [0.2, 0.25) is 0 Å². The van der Waals surface area contributed by atoms with Crippen molar-refractivity contribution >= 4 is 27.8 Å². The van der Waals surface area contributed by atoms with E-state index in [0.717, 1.165) is 29.1 Å². The first-order valence-corrected chi connectivity index (χ1v) is 22.3. The lowest BCUT2D eigenvalue weighted by atomic mass is 9.48. The smallest absolute Gasteiger partial charge is 0.0543 e. The summed E-state index contributed by atoms with van der Waals surface area (Å²) in [5, 5.41) is 2.54. The summed E-state index contributed by atoms with van der Waals surface area (Å²) in [5.74, 6) is 2.87. The quantitative estimate of drug-likeness (QED) is 0.156. The van der Waals surface area contributed by atoms with E-state index in [1.165, 1.54) is 111 Å². The monoisotopic (exact) mass is 773 g/mol. The molecule has 4 saturated carbocycles. The Morgan fingerprint density at radius 3 is 1.52 bits per heavy atom. The summed E-state index contributed by atoms with van der Waals surface area (Å²) in [5.41, 5.74) is 18.4. The number of nitrogens with zero attached hydrogens (tertiary/aromatic N) is 1. The van der Waals surface area contributed by atoms with Crippen molar-refractivity contribution in [1.82, 2.24) is 0 Å². The predicted molar refractivity (Wildman–Crippen MR) is 252 cm³/mol. The molecule has 292 valence electrons. The minimum Gasteiger partial charge on any atom is -0.310 e. The molecule has 8 aromatic carbocycles. The summed E-state index contributed by atoms with van der Waals surface area (Å²) in [6, 6.07) is 68.4. The van der Waals surface area contributed by atoms with Gasteiger partial charge in [-0.3, -0.25) is 0 Å². The molecule has 0 amide bonds. The summed E-state index contributed by atoms with van der Waals surface area (Å²) in [4.78, 5) is 2.49. The number of hydrogen-bond acceptors (Lipinski definition) is 1. The van der Waals surface area contributed by atoms with Crippen molar-refractivity contribution in [2.24, 2.45) is 17.8 Å². The summed E-state index contributed by atoms with van der Waals surface area (Å²) >= 11 is 0. The van der Waals surface area contributed by atoms with E-state index in [1.807, 2.05) is 0 Å². The van der Waals surface area contributed by atoms with Crippen LogP contribution < -0.4 is 4.90 Å². The van der Waals surface area contributed by atoms with E-state index in [4.69, 9.17) is 0 Å². The lowest BCUT2D eigenvalue weighted by Gasteiger charge is -2.57. The highest BCUT2D eigenvalue weighted by molar-refractivity contribution is 6.06. The van der Waals surface area contributed by atoms with Gasteiger partial charge in [-0.2, -0.15) is 0 Å². The molecule has 4 bridgehead atoms. The second-order valence-electron chi connectivity index (χ2n) is 19.1. The van der Waals surface area contributed by atoms with Gasteiger partial charge in [-0.15, -0.1) is 0 Å². The number of hydrogen-bond donors (Lipinski definition) is 0. The Labute approximate surface area is 355 Å². The molecule has 1 heteroatoms. The number of anilines is 3. The van der Waals surface area contributed by atoms with Gasteiger partial charge < -0.3 is 4.90 Å². The summed E-state index contributed by atoms with van der Waals surface area (Å²) in [7, 11) is 0. The first-order valence-electron chi connectivity index (χ1n) is 22.3. The van der Waals surface area contributed by atoms with E-state index >= 15 is 0 Å². The van der Waals surface area contributed by atoms with Crippen LogP contribution in [-0.2, 0) is 10.8 Å². The van der Waals surface area contributed by atoms with Crippen LogP contribution in [0.15, 0.2) is 182 Å². The van der Waals surface area contributed by atoms with Crippen LogP contribution in [0.4, 0.5) is 17.1 Å². The molecule has 0 N–H and O–H groups in total. The van der Waals surface area contributed by atoms with Gasteiger partial charge in [0.15, 0.2) is 0 Å². The molecule has 5 aliphatic rings. The minimum atomic E-state index is -0.0888. The van der Waals surface area contributed by atoms with Crippen LogP contribution in [0.5, 0.6) is 0 Å². The van der Waals surface area contributed by atoms with E-state index in [-0.39, 0.29) is 5.41 Å². The van der Waals surface area contributed by atoms with Crippen molar-refractivity contribution in [2.75, 3.05) is 4.90 Å². The third-order valence-electron chi connectivity index (χ3n) is 15.2. The molecule has 0 saturated heterocycles. The Kier molecular flexibility index (Phi) is 8.15. The van der Waals surface area contributed by atoms with Crippen molar-refractivity contribution in [3.05, 3.63) is 199 Å². The molecule has 0 spiro atoms. The maximum atomic E-state index is 2.49. The van der Waals surface area contributed by atoms with Crippen LogP contribution >= 0.6 is 0 Å². The van der Waals surface area contributed by atoms with E-state index in [0.29, 0.717) is 5.41 Å². The fraction of sp³-hybridized carbons (Fsp3) is 0.220. The zero-order chi connectivity index (χ0) is 40.0. The topological polar surface area (TPSA) is 3.24 Å². The van der Waals surface area contributed by atoms with Gasteiger partial charge in [0, 0.05) is 22.4 Å². The average molecular weight is 774 g/mol. The van der Waals surface area contributed by atoms with Gasteiger partial charge in [0.1, 0.15) is 0 Å². The molecule has 0 aromatic heterocycles. The predicted octanol–water partition coefficient (Wildman–Crippen LogP) is 16.1. The highest BCUT2D eigenvalue weighted by atomic mass is 15.1. The first kappa shape index (κ1) is 35.7. The van der Waals surface area contributed by atoms with Gasteiger partial charge in [-0.05, 0) is 158 Å². The maximum absolute atomic E-state index is 2.49. The van der Waals surface area contributed by atoms with Gasteiger partial charge >= 0.3 is 0 Å². The van der Waals surface area contributed by atoms with E-state index < -0.39 is 0 Å². The zero-order valence-corrected chi connectivity index (χ0v) is 34.7.